The molecule has 0 saturated carbocycles. The Hall–Kier alpha value is -7.82. The van der Waals surface area contributed by atoms with E-state index in [4.69, 9.17) is 4.74 Å². The Morgan fingerprint density at radius 1 is 0.276 bits per heavy atom. The van der Waals surface area contributed by atoms with Gasteiger partial charge in [0, 0.05) is 43.7 Å². The maximum atomic E-state index is 6.62. The highest BCUT2D eigenvalue weighted by Crippen LogP contribution is 2.46. The van der Waals surface area contributed by atoms with Crippen LogP contribution in [0.15, 0.2) is 200 Å². The Bertz CT molecular complexity index is 3590. The lowest BCUT2D eigenvalue weighted by Crippen LogP contribution is -2.04. The summed E-state index contributed by atoms with van der Waals surface area (Å²) in [5.41, 5.74) is 15.1. The van der Waals surface area contributed by atoms with Gasteiger partial charge >= 0.3 is 0 Å². The highest BCUT2D eigenvalue weighted by atomic mass is 16.5. The predicted molar refractivity (Wildman–Crippen MR) is 240 cm³/mol. The molecule has 12 aromatic rings. The first-order valence-electron chi connectivity index (χ1n) is 19.8. The summed E-state index contributed by atoms with van der Waals surface area (Å²) in [4.78, 5) is 0. The number of hydrogen-bond donors (Lipinski definition) is 0. The van der Waals surface area contributed by atoms with Crippen molar-refractivity contribution >= 4 is 65.4 Å². The van der Waals surface area contributed by atoms with Gasteiger partial charge in [0.05, 0.1) is 38.8 Å². The minimum absolute atomic E-state index is 0.860. The number of benzene rings is 9. The summed E-state index contributed by atoms with van der Waals surface area (Å²) in [6.07, 6.45) is 0. The predicted octanol–water partition coefficient (Wildman–Crippen LogP) is 14.4. The van der Waals surface area contributed by atoms with Crippen molar-refractivity contribution < 1.29 is 4.74 Å². The maximum Gasteiger partial charge on any atom is 0.152 e. The van der Waals surface area contributed by atoms with Gasteiger partial charge < -0.3 is 18.4 Å². The monoisotopic (exact) mass is 739 g/mol. The van der Waals surface area contributed by atoms with E-state index in [1.807, 2.05) is 0 Å². The second kappa shape index (κ2) is 11.8. The third-order valence-electron chi connectivity index (χ3n) is 12.2. The van der Waals surface area contributed by atoms with Crippen LogP contribution in [0.3, 0.4) is 0 Å². The van der Waals surface area contributed by atoms with E-state index in [0.717, 1.165) is 45.2 Å². The molecule has 13 rings (SSSR count). The van der Waals surface area contributed by atoms with Gasteiger partial charge in [-0.15, -0.1) is 0 Å². The first-order valence-corrected chi connectivity index (χ1v) is 19.8. The van der Waals surface area contributed by atoms with E-state index in [1.54, 1.807) is 0 Å². The maximum absolute atomic E-state index is 6.62. The largest absolute Gasteiger partial charge is 0.453 e. The van der Waals surface area contributed by atoms with Crippen molar-refractivity contribution in [1.82, 2.24) is 13.7 Å². The Morgan fingerprint density at radius 3 is 1.52 bits per heavy atom. The summed E-state index contributed by atoms with van der Waals surface area (Å²) in [7, 11) is 0. The molecule has 0 amide bonds. The first kappa shape index (κ1) is 31.4. The second-order valence-corrected chi connectivity index (χ2v) is 15.3. The van der Waals surface area contributed by atoms with E-state index in [9.17, 15) is 0 Å². The van der Waals surface area contributed by atoms with Crippen molar-refractivity contribution in [3.63, 3.8) is 0 Å². The zero-order valence-electron chi connectivity index (χ0n) is 31.3. The van der Waals surface area contributed by atoms with E-state index in [2.05, 4.69) is 214 Å². The molecule has 4 nitrogen and oxygen atoms in total. The molecule has 1 aliphatic heterocycles. The van der Waals surface area contributed by atoms with Crippen LogP contribution in [0.5, 0.6) is 11.5 Å². The SMILES string of the molecule is c1ccc(-c2ccc3c(c2)c2cc(-n4c5ccccc5c5ccccc54)ccc2n3-c2ccc(-c3ccc4c(c3)Oc3cccc5c6ccccc6n-4c35)cc2)cc1. The number of nitrogens with zero attached hydrogens (tertiary/aromatic N) is 3. The molecule has 0 spiro atoms. The zero-order valence-corrected chi connectivity index (χ0v) is 31.3. The van der Waals surface area contributed by atoms with Crippen molar-refractivity contribution in [2.75, 3.05) is 0 Å². The smallest absolute Gasteiger partial charge is 0.152 e. The number of ether oxygens (including phenoxy) is 1. The molecule has 58 heavy (non-hydrogen) atoms. The fourth-order valence-electron chi connectivity index (χ4n) is 9.64. The second-order valence-electron chi connectivity index (χ2n) is 15.3. The van der Waals surface area contributed by atoms with Crippen LogP contribution in [0, 0.1) is 0 Å². The molecule has 270 valence electrons. The summed E-state index contributed by atoms with van der Waals surface area (Å²) >= 11 is 0. The van der Waals surface area contributed by atoms with E-state index in [0.29, 0.717) is 0 Å². The van der Waals surface area contributed by atoms with Gasteiger partial charge in [-0.1, -0.05) is 121 Å². The molecular weight excluding hydrogens is 707 g/mol. The molecule has 0 saturated heterocycles. The number of aromatic nitrogens is 3. The number of rotatable bonds is 4. The van der Waals surface area contributed by atoms with Crippen molar-refractivity contribution in [2.24, 2.45) is 0 Å². The Labute approximate surface area is 333 Å². The Morgan fingerprint density at radius 2 is 0.776 bits per heavy atom. The molecule has 0 atom stereocenters. The lowest BCUT2D eigenvalue weighted by Gasteiger charge is -2.21. The molecule has 3 aromatic heterocycles. The van der Waals surface area contributed by atoms with Crippen molar-refractivity contribution in [3.8, 4) is 50.8 Å². The van der Waals surface area contributed by atoms with Crippen LogP contribution >= 0.6 is 0 Å². The average Bonchev–Trinajstić information content (AvgIpc) is 3.93. The van der Waals surface area contributed by atoms with E-state index in [1.165, 1.54) is 71.0 Å². The van der Waals surface area contributed by atoms with Gasteiger partial charge in [0.2, 0.25) is 0 Å². The van der Waals surface area contributed by atoms with Crippen molar-refractivity contribution in [1.29, 1.82) is 0 Å². The van der Waals surface area contributed by atoms with Crippen LogP contribution in [-0.2, 0) is 0 Å². The quantitative estimate of drug-likeness (QED) is 0.176. The minimum Gasteiger partial charge on any atom is -0.453 e. The molecule has 0 aliphatic carbocycles. The summed E-state index contributed by atoms with van der Waals surface area (Å²) in [5.74, 6) is 1.75. The summed E-state index contributed by atoms with van der Waals surface area (Å²) in [6.45, 7) is 0. The highest BCUT2D eigenvalue weighted by molar-refractivity contribution is 6.14. The van der Waals surface area contributed by atoms with Gasteiger partial charge in [0.1, 0.15) is 0 Å². The van der Waals surface area contributed by atoms with Crippen LogP contribution in [0.25, 0.3) is 105 Å². The van der Waals surface area contributed by atoms with Crippen molar-refractivity contribution in [3.05, 3.63) is 200 Å². The zero-order chi connectivity index (χ0) is 37.9. The lowest BCUT2D eigenvalue weighted by molar-refractivity contribution is 0.476. The van der Waals surface area contributed by atoms with Crippen LogP contribution in [0.1, 0.15) is 0 Å². The average molecular weight is 740 g/mol. The molecule has 9 aromatic carbocycles. The lowest BCUT2D eigenvalue weighted by atomic mass is 10.0. The topological polar surface area (TPSA) is 24.0 Å². The summed E-state index contributed by atoms with van der Waals surface area (Å²) < 4.78 is 13.8. The molecule has 4 heteroatoms. The number of hydrogen-bond acceptors (Lipinski definition) is 1. The third-order valence-corrected chi connectivity index (χ3v) is 12.2. The molecule has 4 heterocycles. The first-order chi connectivity index (χ1) is 28.8. The molecular formula is C54H33N3O. The van der Waals surface area contributed by atoms with Gasteiger partial charge in [0.15, 0.2) is 11.5 Å². The van der Waals surface area contributed by atoms with Gasteiger partial charge in [-0.3, -0.25) is 0 Å². The normalized spacial score (nSPS) is 12.3. The number of fused-ring (bicyclic) bond motifs is 11. The summed E-state index contributed by atoms with van der Waals surface area (Å²) in [5, 5.41) is 7.41. The summed E-state index contributed by atoms with van der Waals surface area (Å²) in [6, 6.07) is 72.5. The van der Waals surface area contributed by atoms with Gasteiger partial charge in [-0.05, 0) is 101 Å². The van der Waals surface area contributed by atoms with E-state index in [-0.39, 0.29) is 0 Å². The third kappa shape index (κ3) is 4.40. The van der Waals surface area contributed by atoms with Crippen LogP contribution in [0.4, 0.5) is 0 Å². The fourth-order valence-corrected chi connectivity index (χ4v) is 9.64. The van der Waals surface area contributed by atoms with Gasteiger partial charge in [0.25, 0.3) is 0 Å². The van der Waals surface area contributed by atoms with Crippen LogP contribution in [0.2, 0.25) is 0 Å². The number of para-hydroxylation sites is 4. The standard InChI is InChI=1S/C54H33N3O/c1-2-11-34(12-3-1)36-23-28-49-44(31-36)45-33-39(56-46-17-7-4-13-40(46)41-14-5-8-18-47(41)56)27-30-50(45)55(49)38-25-21-35(22-26-38)37-24-29-51-53(32-37)58-52-20-10-16-43-42-15-6-9-19-48(42)57(51)54(43)52/h1-33H. The van der Waals surface area contributed by atoms with E-state index < -0.39 is 0 Å². The molecule has 0 fully saturated rings. The van der Waals surface area contributed by atoms with Crippen LogP contribution in [-0.4, -0.2) is 13.7 Å². The van der Waals surface area contributed by atoms with Crippen LogP contribution < -0.4 is 4.74 Å². The van der Waals surface area contributed by atoms with E-state index >= 15 is 0 Å². The Balaban J connectivity index is 0.956. The molecule has 0 radical (unpaired) electrons. The van der Waals surface area contributed by atoms with Gasteiger partial charge in [-0.2, -0.15) is 0 Å². The molecule has 0 unspecified atom stereocenters. The fraction of sp³-hybridized carbons (Fsp3) is 0. The minimum atomic E-state index is 0.860. The van der Waals surface area contributed by atoms with Gasteiger partial charge in [-0.25, -0.2) is 0 Å². The van der Waals surface area contributed by atoms with Crippen molar-refractivity contribution in [2.45, 2.75) is 0 Å². The Kier molecular flexibility index (Phi) is 6.41. The molecule has 0 bridgehead atoms. The molecule has 1 aliphatic rings. The molecule has 0 N–H and O–H groups in total. The highest BCUT2D eigenvalue weighted by Gasteiger charge is 2.24.